The highest BCUT2D eigenvalue weighted by atomic mass is 35.5. The zero-order chi connectivity index (χ0) is 10.2. The first-order valence-electron chi connectivity index (χ1n) is 4.73. The third kappa shape index (κ3) is 1.72. The third-order valence-corrected chi connectivity index (χ3v) is 3.30. The molecule has 0 saturated carbocycles. The summed E-state index contributed by atoms with van der Waals surface area (Å²) in [6.45, 7) is 3.93. The van der Waals surface area contributed by atoms with Crippen molar-refractivity contribution < 1.29 is 4.52 Å². The van der Waals surface area contributed by atoms with Gasteiger partial charge in [-0.3, -0.25) is 0 Å². The molecule has 4 nitrogen and oxygen atoms in total. The van der Waals surface area contributed by atoms with Crippen LogP contribution in [-0.2, 0) is 5.41 Å². The second kappa shape index (κ2) is 3.44. The SMILES string of the molecule is CC1(c2cc(N)on2)CCN(Cl)CC1. The number of hydrogen-bond acceptors (Lipinski definition) is 4. The molecule has 2 rings (SSSR count). The van der Waals surface area contributed by atoms with E-state index in [9.17, 15) is 0 Å². The highest BCUT2D eigenvalue weighted by molar-refractivity contribution is 6.13. The van der Waals surface area contributed by atoms with E-state index in [1.165, 1.54) is 0 Å². The van der Waals surface area contributed by atoms with Gasteiger partial charge in [0.05, 0.1) is 5.69 Å². The highest BCUT2D eigenvalue weighted by Crippen LogP contribution is 2.35. The van der Waals surface area contributed by atoms with Crippen LogP contribution < -0.4 is 5.73 Å². The molecule has 0 aromatic carbocycles. The molecule has 0 amide bonds. The van der Waals surface area contributed by atoms with Crippen LogP contribution in [0.1, 0.15) is 25.5 Å². The largest absolute Gasteiger partial charge is 0.368 e. The number of nitrogens with two attached hydrogens (primary N) is 1. The maximum absolute atomic E-state index is 5.90. The Morgan fingerprint density at radius 3 is 2.71 bits per heavy atom. The van der Waals surface area contributed by atoms with Gasteiger partial charge in [-0.25, -0.2) is 4.42 Å². The van der Waals surface area contributed by atoms with E-state index in [2.05, 4.69) is 12.1 Å². The first kappa shape index (κ1) is 9.80. The van der Waals surface area contributed by atoms with E-state index in [1.807, 2.05) is 10.5 Å². The Kier molecular flexibility index (Phi) is 2.41. The molecule has 2 N–H and O–H groups in total. The lowest BCUT2D eigenvalue weighted by atomic mass is 9.78. The second-order valence-corrected chi connectivity index (χ2v) is 4.56. The van der Waals surface area contributed by atoms with E-state index in [1.54, 1.807) is 0 Å². The van der Waals surface area contributed by atoms with Crippen molar-refractivity contribution in [3.8, 4) is 0 Å². The van der Waals surface area contributed by atoms with Crippen LogP contribution in [-0.4, -0.2) is 22.7 Å². The fourth-order valence-electron chi connectivity index (χ4n) is 1.80. The second-order valence-electron chi connectivity index (χ2n) is 4.09. The Hall–Kier alpha value is -0.740. The van der Waals surface area contributed by atoms with Gasteiger partial charge < -0.3 is 10.3 Å². The molecule has 1 aliphatic rings. The molecule has 1 aromatic rings. The third-order valence-electron chi connectivity index (χ3n) is 2.96. The quantitative estimate of drug-likeness (QED) is 0.726. The summed E-state index contributed by atoms with van der Waals surface area (Å²) < 4.78 is 6.70. The molecule has 78 valence electrons. The summed E-state index contributed by atoms with van der Waals surface area (Å²) in [6.07, 6.45) is 1.98. The molecule has 1 fully saturated rings. The maximum Gasteiger partial charge on any atom is 0.222 e. The standard InChI is InChI=1S/C9H14ClN3O/c1-9(2-4-13(10)5-3-9)7-6-8(11)14-12-7/h6H,2-5,11H2,1H3. The Bertz CT molecular complexity index is 318. The summed E-state index contributed by atoms with van der Waals surface area (Å²) in [7, 11) is 0. The topological polar surface area (TPSA) is 55.3 Å². The van der Waals surface area contributed by atoms with Gasteiger partial charge in [-0.05, 0) is 24.6 Å². The summed E-state index contributed by atoms with van der Waals surface area (Å²) in [6, 6.07) is 1.81. The predicted molar refractivity (Wildman–Crippen MR) is 54.9 cm³/mol. The van der Waals surface area contributed by atoms with Gasteiger partial charge in [0.25, 0.3) is 0 Å². The molecule has 5 heteroatoms. The molecule has 0 bridgehead atoms. The molecular formula is C9H14ClN3O. The minimum atomic E-state index is 0.0620. The van der Waals surface area contributed by atoms with Gasteiger partial charge in [0.1, 0.15) is 0 Å². The fraction of sp³-hybridized carbons (Fsp3) is 0.667. The molecule has 0 aliphatic carbocycles. The summed E-state index contributed by atoms with van der Waals surface area (Å²) in [5.74, 6) is 0.384. The van der Waals surface area contributed by atoms with E-state index < -0.39 is 0 Å². The van der Waals surface area contributed by atoms with Gasteiger partial charge in [0.15, 0.2) is 0 Å². The first-order chi connectivity index (χ1) is 6.60. The molecular weight excluding hydrogens is 202 g/mol. The van der Waals surface area contributed by atoms with Crippen molar-refractivity contribution in [2.24, 2.45) is 0 Å². The van der Waals surface area contributed by atoms with Crippen LogP contribution in [0, 0.1) is 0 Å². The van der Waals surface area contributed by atoms with E-state index >= 15 is 0 Å². The number of piperidine rings is 1. The van der Waals surface area contributed by atoms with Crippen LogP contribution in [0.3, 0.4) is 0 Å². The predicted octanol–water partition coefficient (Wildman–Crippen LogP) is 1.76. The minimum absolute atomic E-state index is 0.0620. The van der Waals surface area contributed by atoms with Crippen molar-refractivity contribution in [1.29, 1.82) is 0 Å². The van der Waals surface area contributed by atoms with E-state index in [0.29, 0.717) is 5.88 Å². The van der Waals surface area contributed by atoms with Gasteiger partial charge in [-0.2, -0.15) is 0 Å². The molecule has 14 heavy (non-hydrogen) atoms. The minimum Gasteiger partial charge on any atom is -0.368 e. The van der Waals surface area contributed by atoms with Crippen molar-refractivity contribution in [3.05, 3.63) is 11.8 Å². The summed E-state index contributed by atoms with van der Waals surface area (Å²) in [5.41, 5.74) is 6.51. The monoisotopic (exact) mass is 215 g/mol. The zero-order valence-corrected chi connectivity index (χ0v) is 8.92. The van der Waals surface area contributed by atoms with Gasteiger partial charge >= 0.3 is 0 Å². The van der Waals surface area contributed by atoms with Gasteiger partial charge in [-0.15, -0.1) is 0 Å². The Morgan fingerprint density at radius 1 is 1.57 bits per heavy atom. The van der Waals surface area contributed by atoms with Crippen molar-refractivity contribution in [1.82, 2.24) is 9.58 Å². The lowest BCUT2D eigenvalue weighted by molar-refractivity contribution is 0.243. The first-order valence-corrected chi connectivity index (χ1v) is 5.07. The summed E-state index contributed by atoms with van der Waals surface area (Å²) in [4.78, 5) is 0. The molecule has 0 spiro atoms. The molecule has 0 atom stereocenters. The molecule has 1 aliphatic heterocycles. The number of hydrogen-bond donors (Lipinski definition) is 1. The van der Waals surface area contributed by atoms with E-state index in [4.69, 9.17) is 22.0 Å². The smallest absolute Gasteiger partial charge is 0.222 e. The van der Waals surface area contributed by atoms with Gasteiger partial charge in [-0.1, -0.05) is 12.1 Å². The van der Waals surface area contributed by atoms with Crippen molar-refractivity contribution >= 4 is 17.7 Å². The fourth-order valence-corrected chi connectivity index (χ4v) is 1.97. The lowest BCUT2D eigenvalue weighted by Gasteiger charge is -2.34. The number of nitrogen functional groups attached to an aromatic ring is 1. The molecule has 2 heterocycles. The molecule has 1 aromatic heterocycles. The molecule has 0 unspecified atom stereocenters. The average molecular weight is 216 g/mol. The van der Waals surface area contributed by atoms with Gasteiger partial charge in [0, 0.05) is 24.6 Å². The van der Waals surface area contributed by atoms with Crippen molar-refractivity contribution in [2.45, 2.75) is 25.2 Å². The summed E-state index contributed by atoms with van der Waals surface area (Å²) in [5, 5.41) is 3.97. The van der Waals surface area contributed by atoms with E-state index in [0.717, 1.165) is 31.6 Å². The maximum atomic E-state index is 5.90. The van der Waals surface area contributed by atoms with Crippen LogP contribution in [0.4, 0.5) is 5.88 Å². The number of anilines is 1. The van der Waals surface area contributed by atoms with Crippen LogP contribution in [0.25, 0.3) is 0 Å². The highest BCUT2D eigenvalue weighted by Gasteiger charge is 2.33. The van der Waals surface area contributed by atoms with Crippen LogP contribution in [0.2, 0.25) is 0 Å². The van der Waals surface area contributed by atoms with E-state index in [-0.39, 0.29) is 5.41 Å². The van der Waals surface area contributed by atoms with Gasteiger partial charge in [0.2, 0.25) is 5.88 Å². The lowest BCUT2D eigenvalue weighted by Crippen LogP contribution is -2.36. The Morgan fingerprint density at radius 2 is 2.21 bits per heavy atom. The number of nitrogens with zero attached hydrogens (tertiary/aromatic N) is 2. The van der Waals surface area contributed by atoms with Crippen molar-refractivity contribution in [3.63, 3.8) is 0 Å². The van der Waals surface area contributed by atoms with Crippen LogP contribution >= 0.6 is 11.8 Å². The van der Waals surface area contributed by atoms with Crippen molar-refractivity contribution in [2.75, 3.05) is 18.8 Å². The summed E-state index contributed by atoms with van der Waals surface area (Å²) >= 11 is 5.90. The number of aromatic nitrogens is 1. The normalized spacial score (nSPS) is 22.4. The average Bonchev–Trinajstić information content (AvgIpc) is 2.58. The molecule has 0 radical (unpaired) electrons. The zero-order valence-electron chi connectivity index (χ0n) is 8.16. The Labute approximate surface area is 88.1 Å². The number of halogens is 1. The van der Waals surface area contributed by atoms with Crippen LogP contribution in [0.15, 0.2) is 10.6 Å². The van der Waals surface area contributed by atoms with Crippen LogP contribution in [0.5, 0.6) is 0 Å². The molecule has 1 saturated heterocycles. The Balaban J connectivity index is 2.16. The number of rotatable bonds is 1.